The highest BCUT2D eigenvalue weighted by Crippen LogP contribution is 2.28. The molecule has 0 saturated heterocycles. The van der Waals surface area contributed by atoms with E-state index >= 15 is 0 Å². The van der Waals surface area contributed by atoms with Crippen LogP contribution in [0, 0.1) is 5.92 Å². The van der Waals surface area contributed by atoms with Gasteiger partial charge in [0.05, 0.1) is 16.6 Å². The molecule has 1 aliphatic rings. The van der Waals surface area contributed by atoms with Gasteiger partial charge in [-0.25, -0.2) is 8.42 Å². The lowest BCUT2D eigenvalue weighted by Gasteiger charge is -2.30. The summed E-state index contributed by atoms with van der Waals surface area (Å²) >= 11 is 0. The van der Waals surface area contributed by atoms with E-state index in [4.69, 9.17) is 9.47 Å². The molecule has 3 aromatic carbocycles. The standard InChI is InChI=1S/C29H35N3O5S/c1-20-17-30-21(2)19-37-27-15-12-24(16-26(27)29(33)32(3)18-28(20)36-4)31-38(34,35)25-13-10-23(11-14-25)22-8-6-5-7-9-22/h5-16,20-21,28,30-31H,17-19H2,1-4H3/t20-,21+,28+/m0/s1. The van der Waals surface area contributed by atoms with E-state index in [2.05, 4.69) is 17.0 Å². The monoisotopic (exact) mass is 537 g/mol. The van der Waals surface area contributed by atoms with Crippen LogP contribution >= 0.6 is 0 Å². The molecule has 0 unspecified atom stereocenters. The lowest BCUT2D eigenvalue weighted by atomic mass is 10.0. The van der Waals surface area contributed by atoms with Crippen molar-refractivity contribution in [1.29, 1.82) is 0 Å². The van der Waals surface area contributed by atoms with E-state index in [-0.39, 0.29) is 40.1 Å². The molecule has 0 radical (unpaired) electrons. The van der Waals surface area contributed by atoms with E-state index in [0.29, 0.717) is 18.9 Å². The highest BCUT2D eigenvalue weighted by atomic mass is 32.2. The molecule has 2 N–H and O–H groups in total. The van der Waals surface area contributed by atoms with Gasteiger partial charge < -0.3 is 19.7 Å². The Labute approximate surface area is 225 Å². The molecule has 1 amide bonds. The fraction of sp³-hybridized carbons (Fsp3) is 0.345. The molecule has 38 heavy (non-hydrogen) atoms. The predicted molar refractivity (Wildman–Crippen MR) is 149 cm³/mol. The minimum Gasteiger partial charge on any atom is -0.491 e. The maximum atomic E-state index is 13.5. The Kier molecular flexibility index (Phi) is 8.71. The molecule has 1 heterocycles. The van der Waals surface area contributed by atoms with E-state index in [1.165, 1.54) is 6.07 Å². The quantitative estimate of drug-likeness (QED) is 0.505. The average molecular weight is 538 g/mol. The van der Waals surface area contributed by atoms with Gasteiger partial charge in [-0.1, -0.05) is 49.4 Å². The molecule has 0 spiro atoms. The van der Waals surface area contributed by atoms with Crippen LogP contribution in [0.25, 0.3) is 11.1 Å². The van der Waals surface area contributed by atoms with Crippen LogP contribution in [0.1, 0.15) is 24.2 Å². The molecule has 3 atom stereocenters. The molecule has 0 fully saturated rings. The minimum absolute atomic E-state index is 0.0482. The number of carbonyl (C=O) groups excluding carboxylic acids is 1. The fourth-order valence-corrected chi connectivity index (χ4v) is 5.44. The number of nitrogens with zero attached hydrogens (tertiary/aromatic N) is 1. The minimum atomic E-state index is -3.88. The van der Waals surface area contributed by atoms with Gasteiger partial charge in [0.2, 0.25) is 0 Å². The van der Waals surface area contributed by atoms with E-state index in [9.17, 15) is 13.2 Å². The second kappa shape index (κ2) is 12.0. The SMILES string of the molecule is CO[C@@H]1CN(C)C(=O)c2cc(NS(=O)(=O)c3ccc(-c4ccccc4)cc3)ccc2OC[C@@H](C)NC[C@@H]1C. The number of likely N-dealkylation sites (N-methyl/N-ethyl adjacent to an activating group) is 1. The van der Waals surface area contributed by atoms with Gasteiger partial charge in [-0.05, 0) is 54.3 Å². The number of nitrogens with one attached hydrogen (secondary N) is 2. The van der Waals surface area contributed by atoms with Crippen LogP contribution in [0.2, 0.25) is 0 Å². The third-order valence-corrected chi connectivity index (χ3v) is 8.15. The summed E-state index contributed by atoms with van der Waals surface area (Å²) in [7, 11) is -0.534. The van der Waals surface area contributed by atoms with Gasteiger partial charge >= 0.3 is 0 Å². The number of benzene rings is 3. The van der Waals surface area contributed by atoms with Crippen molar-refractivity contribution < 1.29 is 22.7 Å². The zero-order valence-electron chi connectivity index (χ0n) is 22.2. The smallest absolute Gasteiger partial charge is 0.261 e. The fourth-order valence-electron chi connectivity index (χ4n) is 4.40. The van der Waals surface area contributed by atoms with Crippen LogP contribution in [0.3, 0.4) is 0 Å². The van der Waals surface area contributed by atoms with Crippen molar-refractivity contribution in [2.75, 3.05) is 38.6 Å². The van der Waals surface area contributed by atoms with Crippen LogP contribution in [0.4, 0.5) is 5.69 Å². The number of anilines is 1. The molecule has 0 aliphatic carbocycles. The Bertz CT molecular complexity index is 1350. The van der Waals surface area contributed by atoms with Crippen molar-refractivity contribution in [2.24, 2.45) is 5.92 Å². The van der Waals surface area contributed by atoms with Gasteiger partial charge in [0.1, 0.15) is 12.4 Å². The second-order valence-corrected chi connectivity index (χ2v) is 11.4. The van der Waals surface area contributed by atoms with Gasteiger partial charge in [0.15, 0.2) is 0 Å². The first-order valence-corrected chi connectivity index (χ1v) is 14.1. The number of sulfonamides is 1. The van der Waals surface area contributed by atoms with Crippen molar-refractivity contribution in [3.8, 4) is 16.9 Å². The molecule has 9 heteroatoms. The third kappa shape index (κ3) is 6.53. The van der Waals surface area contributed by atoms with E-state index in [1.54, 1.807) is 55.5 Å². The number of ether oxygens (including phenoxy) is 2. The zero-order chi connectivity index (χ0) is 27.3. The Morgan fingerprint density at radius 3 is 2.37 bits per heavy atom. The second-order valence-electron chi connectivity index (χ2n) is 9.76. The molecule has 0 aromatic heterocycles. The summed E-state index contributed by atoms with van der Waals surface area (Å²) in [5, 5.41) is 3.45. The molecule has 202 valence electrons. The molecular weight excluding hydrogens is 502 g/mol. The molecule has 0 saturated carbocycles. The van der Waals surface area contributed by atoms with Crippen LogP contribution in [-0.2, 0) is 14.8 Å². The van der Waals surface area contributed by atoms with Crippen LogP contribution in [0.5, 0.6) is 5.75 Å². The van der Waals surface area contributed by atoms with Crippen molar-refractivity contribution in [3.05, 3.63) is 78.4 Å². The first-order valence-electron chi connectivity index (χ1n) is 12.6. The number of methoxy groups -OCH3 is 1. The summed E-state index contributed by atoms with van der Waals surface area (Å²) in [5.41, 5.74) is 2.47. The Morgan fingerprint density at radius 1 is 1.00 bits per heavy atom. The zero-order valence-corrected chi connectivity index (χ0v) is 23.0. The normalized spacial score (nSPS) is 21.0. The van der Waals surface area contributed by atoms with Crippen molar-refractivity contribution in [2.45, 2.75) is 30.9 Å². The highest BCUT2D eigenvalue weighted by Gasteiger charge is 2.26. The van der Waals surface area contributed by atoms with Crippen molar-refractivity contribution >= 4 is 21.6 Å². The number of hydrogen-bond donors (Lipinski definition) is 2. The summed E-state index contributed by atoms with van der Waals surface area (Å²) < 4.78 is 40.6. The number of rotatable bonds is 5. The van der Waals surface area contributed by atoms with E-state index in [1.807, 2.05) is 37.3 Å². The maximum absolute atomic E-state index is 13.5. The van der Waals surface area contributed by atoms with Crippen LogP contribution < -0.4 is 14.8 Å². The summed E-state index contributed by atoms with van der Waals surface area (Å²) in [4.78, 5) is 15.2. The van der Waals surface area contributed by atoms with Crippen molar-refractivity contribution in [1.82, 2.24) is 10.2 Å². The van der Waals surface area contributed by atoms with Gasteiger partial charge in [0, 0.05) is 39.0 Å². The van der Waals surface area contributed by atoms with Gasteiger partial charge in [-0.15, -0.1) is 0 Å². The van der Waals surface area contributed by atoms with Gasteiger partial charge in [-0.3, -0.25) is 9.52 Å². The molecule has 1 aliphatic heterocycles. The molecule has 4 rings (SSSR count). The maximum Gasteiger partial charge on any atom is 0.261 e. The Balaban J connectivity index is 1.60. The lowest BCUT2D eigenvalue weighted by Crippen LogP contribution is -2.44. The molecular formula is C29H35N3O5S. The highest BCUT2D eigenvalue weighted by molar-refractivity contribution is 7.92. The molecule has 8 nitrogen and oxygen atoms in total. The van der Waals surface area contributed by atoms with E-state index in [0.717, 1.165) is 17.7 Å². The van der Waals surface area contributed by atoms with Crippen LogP contribution in [0.15, 0.2) is 77.7 Å². The summed E-state index contributed by atoms with van der Waals surface area (Å²) in [5.74, 6) is 0.292. The summed E-state index contributed by atoms with van der Waals surface area (Å²) in [6.45, 7) is 5.55. The molecule has 3 aromatic rings. The first kappa shape index (κ1) is 27.6. The lowest BCUT2D eigenvalue weighted by molar-refractivity contribution is 0.0281. The summed E-state index contributed by atoms with van der Waals surface area (Å²) in [6.07, 6.45) is -0.159. The van der Waals surface area contributed by atoms with Gasteiger partial charge in [-0.2, -0.15) is 0 Å². The Hall–Kier alpha value is -3.40. The topological polar surface area (TPSA) is 97.0 Å². The number of hydrogen-bond acceptors (Lipinski definition) is 6. The Morgan fingerprint density at radius 2 is 1.68 bits per heavy atom. The number of fused-ring (bicyclic) bond motifs is 1. The molecule has 0 bridgehead atoms. The average Bonchev–Trinajstić information content (AvgIpc) is 2.93. The van der Waals surface area contributed by atoms with Gasteiger partial charge in [0.25, 0.3) is 15.9 Å². The number of carbonyl (C=O) groups is 1. The van der Waals surface area contributed by atoms with Crippen molar-refractivity contribution in [3.63, 3.8) is 0 Å². The van der Waals surface area contributed by atoms with Crippen LogP contribution in [-0.4, -0.2) is 65.2 Å². The summed E-state index contributed by atoms with van der Waals surface area (Å²) in [6, 6.07) is 21.2. The van der Waals surface area contributed by atoms with E-state index < -0.39 is 10.0 Å². The third-order valence-electron chi connectivity index (χ3n) is 6.75. The predicted octanol–water partition coefficient (Wildman–Crippen LogP) is 4.25. The largest absolute Gasteiger partial charge is 0.491 e. The number of amides is 1. The first-order chi connectivity index (χ1) is 18.2.